The summed E-state index contributed by atoms with van der Waals surface area (Å²) in [5.41, 5.74) is 0.123. The Balaban J connectivity index is 0.000000256. The Labute approximate surface area is 134 Å². The topological polar surface area (TPSA) is 180 Å². The van der Waals surface area contributed by atoms with Crippen molar-refractivity contribution in [3.8, 4) is 0 Å². The second kappa shape index (κ2) is 7.49. The number of ether oxygens (including phenoxy) is 1. The monoisotopic (exact) mass is 364 g/mol. The van der Waals surface area contributed by atoms with Crippen molar-refractivity contribution in [1.29, 1.82) is 0 Å². The summed E-state index contributed by atoms with van der Waals surface area (Å²) >= 11 is 0. The molecule has 0 unspecified atom stereocenters. The number of aromatic amines is 1. The van der Waals surface area contributed by atoms with E-state index in [0.29, 0.717) is 5.65 Å². The summed E-state index contributed by atoms with van der Waals surface area (Å²) in [5, 5.41) is 19.1. The van der Waals surface area contributed by atoms with Gasteiger partial charge in [-0.3, -0.25) is 13.9 Å². The maximum Gasteiger partial charge on any atom is 0.469 e. The molecule has 134 valence electrons. The molecule has 0 saturated carbocycles. The number of hydrogen-bond donors (Lipinski definition) is 5. The fourth-order valence-corrected chi connectivity index (χ4v) is 2.38. The van der Waals surface area contributed by atoms with Crippen LogP contribution in [-0.2, 0) is 13.8 Å². The molecule has 13 heteroatoms. The molecule has 1 saturated heterocycles. The highest BCUT2D eigenvalue weighted by molar-refractivity contribution is 7.46. The number of fused-ring (bicyclic) bond motifs is 1. The van der Waals surface area contributed by atoms with Gasteiger partial charge >= 0.3 is 7.82 Å². The van der Waals surface area contributed by atoms with E-state index in [4.69, 9.17) is 14.5 Å². The number of phosphoric ester groups is 1. The summed E-state index contributed by atoms with van der Waals surface area (Å²) in [4.78, 5) is 37.5. The fraction of sp³-hybridized carbons (Fsp3) is 0.545. The van der Waals surface area contributed by atoms with Gasteiger partial charge in [-0.1, -0.05) is 0 Å². The summed E-state index contributed by atoms with van der Waals surface area (Å²) in [6.45, 7) is 1.60. The summed E-state index contributed by atoms with van der Waals surface area (Å²) in [7, 11) is -4.17. The minimum Gasteiger partial charge on any atom is -0.388 e. The second-order valence-electron chi connectivity index (χ2n) is 4.75. The van der Waals surface area contributed by atoms with Crippen LogP contribution in [0.25, 0.3) is 11.2 Å². The molecule has 12 nitrogen and oxygen atoms in total. The van der Waals surface area contributed by atoms with Gasteiger partial charge in [-0.15, -0.1) is 0 Å². The SMILES string of the molecule is CCOP(=O)(O)O.O=c1[nH]cnc2c1ncn2[C@@H]1OC[C@@H](O)[C@H]1O. The van der Waals surface area contributed by atoms with Crippen LogP contribution in [0.3, 0.4) is 0 Å². The van der Waals surface area contributed by atoms with E-state index in [9.17, 15) is 19.6 Å². The van der Waals surface area contributed by atoms with Crippen LogP contribution in [0.1, 0.15) is 13.2 Å². The van der Waals surface area contributed by atoms with E-state index < -0.39 is 26.3 Å². The number of aliphatic hydroxyl groups excluding tert-OH is 2. The van der Waals surface area contributed by atoms with E-state index in [2.05, 4.69) is 19.5 Å². The van der Waals surface area contributed by atoms with Crippen molar-refractivity contribution in [3.63, 3.8) is 0 Å². The van der Waals surface area contributed by atoms with Gasteiger partial charge in [-0.2, -0.15) is 0 Å². The number of hydrogen-bond acceptors (Lipinski definition) is 8. The minimum absolute atomic E-state index is 0.0364. The summed E-state index contributed by atoms with van der Waals surface area (Å²) in [6.07, 6.45) is -0.170. The Morgan fingerprint density at radius 2 is 2.17 bits per heavy atom. The molecule has 0 aliphatic carbocycles. The molecular formula is C11H17N4O8P. The maximum absolute atomic E-state index is 11.4. The molecule has 1 aliphatic rings. The molecule has 2 aromatic rings. The van der Waals surface area contributed by atoms with E-state index in [0.717, 1.165) is 0 Å². The maximum atomic E-state index is 11.4. The lowest BCUT2D eigenvalue weighted by molar-refractivity contribution is -0.0162. The third-order valence-corrected chi connectivity index (χ3v) is 3.66. The Kier molecular flexibility index (Phi) is 5.83. The lowest BCUT2D eigenvalue weighted by Crippen LogP contribution is -2.28. The van der Waals surface area contributed by atoms with E-state index in [1.165, 1.54) is 24.1 Å². The van der Waals surface area contributed by atoms with Crippen LogP contribution in [0.15, 0.2) is 17.4 Å². The lowest BCUT2D eigenvalue weighted by Gasteiger charge is -2.16. The van der Waals surface area contributed by atoms with Gasteiger partial charge in [-0.05, 0) is 6.92 Å². The zero-order chi connectivity index (χ0) is 17.9. The molecule has 3 atom stereocenters. The Bertz CT molecular complexity index is 786. The van der Waals surface area contributed by atoms with Gasteiger partial charge in [0.05, 0.1) is 25.9 Å². The first-order valence-corrected chi connectivity index (χ1v) is 8.35. The number of imidazole rings is 1. The third kappa shape index (κ3) is 4.24. The highest BCUT2D eigenvalue weighted by atomic mass is 31.2. The quantitative estimate of drug-likeness (QED) is 0.402. The number of nitrogens with zero attached hydrogens (tertiary/aromatic N) is 3. The lowest BCUT2D eigenvalue weighted by atomic mass is 10.2. The van der Waals surface area contributed by atoms with E-state index in [1.54, 1.807) is 0 Å². The highest BCUT2D eigenvalue weighted by Gasteiger charge is 2.36. The summed E-state index contributed by atoms with van der Waals surface area (Å²) in [5.74, 6) is 0. The molecule has 0 bridgehead atoms. The van der Waals surface area contributed by atoms with Crippen molar-refractivity contribution >= 4 is 19.0 Å². The van der Waals surface area contributed by atoms with Gasteiger partial charge in [0, 0.05) is 0 Å². The largest absolute Gasteiger partial charge is 0.469 e. The number of aromatic nitrogens is 4. The number of aliphatic hydroxyl groups is 2. The molecular weight excluding hydrogens is 347 g/mol. The van der Waals surface area contributed by atoms with E-state index >= 15 is 0 Å². The van der Waals surface area contributed by atoms with Gasteiger partial charge in [0.2, 0.25) is 0 Å². The number of H-pyrrole nitrogens is 1. The molecule has 3 heterocycles. The van der Waals surface area contributed by atoms with Crippen molar-refractivity contribution < 1.29 is 33.8 Å². The smallest absolute Gasteiger partial charge is 0.388 e. The summed E-state index contributed by atoms with van der Waals surface area (Å²) in [6, 6.07) is 0. The van der Waals surface area contributed by atoms with Gasteiger partial charge < -0.3 is 29.7 Å². The normalized spacial score (nSPS) is 24.0. The van der Waals surface area contributed by atoms with Gasteiger partial charge in [0.25, 0.3) is 5.56 Å². The van der Waals surface area contributed by atoms with Crippen LogP contribution in [0.2, 0.25) is 0 Å². The van der Waals surface area contributed by atoms with Gasteiger partial charge in [0.1, 0.15) is 12.2 Å². The standard InChI is InChI=1S/C9H10N4O4.C2H7O4P/c14-4-1-17-9(6(4)15)13-3-12-5-7(13)10-2-11-8(5)16;1-2-6-7(3,4)5/h2-4,6,9,14-15H,1H2,(H,10,11,16);2H2,1H3,(H2,3,4,5)/t4-,6-,9-;/m1./s1. The molecule has 5 N–H and O–H groups in total. The zero-order valence-corrected chi connectivity index (χ0v) is 13.4. The van der Waals surface area contributed by atoms with Crippen LogP contribution in [0.4, 0.5) is 0 Å². The van der Waals surface area contributed by atoms with Gasteiger partial charge in [-0.25, -0.2) is 14.5 Å². The Morgan fingerprint density at radius 3 is 2.67 bits per heavy atom. The molecule has 0 radical (unpaired) electrons. The first-order valence-electron chi connectivity index (χ1n) is 6.82. The fourth-order valence-electron chi connectivity index (χ4n) is 2.05. The zero-order valence-electron chi connectivity index (χ0n) is 12.5. The molecule has 3 rings (SSSR count). The number of rotatable bonds is 3. The van der Waals surface area contributed by atoms with Crippen molar-refractivity contribution in [1.82, 2.24) is 19.5 Å². The van der Waals surface area contributed by atoms with Crippen LogP contribution in [-0.4, -0.2) is 64.9 Å². The third-order valence-electron chi connectivity index (χ3n) is 3.06. The van der Waals surface area contributed by atoms with Crippen molar-refractivity contribution in [2.45, 2.75) is 25.4 Å². The highest BCUT2D eigenvalue weighted by Crippen LogP contribution is 2.34. The molecule has 1 aliphatic heterocycles. The Morgan fingerprint density at radius 1 is 1.46 bits per heavy atom. The molecule has 0 amide bonds. The number of phosphoric acid groups is 1. The molecule has 2 aromatic heterocycles. The molecule has 0 aromatic carbocycles. The first kappa shape index (κ1) is 18.7. The molecule has 0 spiro atoms. The van der Waals surface area contributed by atoms with Crippen LogP contribution < -0.4 is 5.56 Å². The molecule has 1 fully saturated rings. The minimum atomic E-state index is -4.17. The summed E-state index contributed by atoms with van der Waals surface area (Å²) < 4.78 is 20.3. The van der Waals surface area contributed by atoms with Gasteiger partial charge in [0.15, 0.2) is 17.4 Å². The van der Waals surface area contributed by atoms with E-state index in [-0.39, 0.29) is 24.3 Å². The number of nitrogens with one attached hydrogen (secondary N) is 1. The van der Waals surface area contributed by atoms with Crippen LogP contribution in [0, 0.1) is 0 Å². The average molecular weight is 364 g/mol. The Hall–Kier alpha value is -1.66. The van der Waals surface area contributed by atoms with Crippen LogP contribution in [0.5, 0.6) is 0 Å². The van der Waals surface area contributed by atoms with Crippen molar-refractivity contribution in [2.24, 2.45) is 0 Å². The van der Waals surface area contributed by atoms with Crippen molar-refractivity contribution in [3.05, 3.63) is 23.0 Å². The average Bonchev–Trinajstić information content (AvgIpc) is 3.04. The van der Waals surface area contributed by atoms with E-state index in [1.807, 2.05) is 0 Å². The molecule has 24 heavy (non-hydrogen) atoms. The second-order valence-corrected chi connectivity index (χ2v) is 5.99. The predicted octanol–water partition coefficient (Wildman–Crippen LogP) is -1.51. The first-order chi connectivity index (χ1) is 11.2. The van der Waals surface area contributed by atoms with Crippen molar-refractivity contribution in [2.75, 3.05) is 13.2 Å². The van der Waals surface area contributed by atoms with Crippen LogP contribution >= 0.6 is 7.82 Å². The predicted molar refractivity (Wildman–Crippen MR) is 78.8 cm³/mol.